The van der Waals surface area contributed by atoms with Gasteiger partial charge in [-0.3, -0.25) is 9.48 Å². The molecule has 96 valence electrons. The van der Waals surface area contributed by atoms with Crippen molar-refractivity contribution < 1.29 is 9.90 Å². The molecule has 6 nitrogen and oxygen atoms in total. The minimum Gasteiger partial charge on any atom is -0.390 e. The fraction of sp³-hybridized carbons (Fsp3) is 0.636. The second kappa shape index (κ2) is 7.03. The second-order valence-corrected chi connectivity index (χ2v) is 3.92. The topological polar surface area (TPSA) is 70.4 Å². The average molecular weight is 240 g/mol. The highest BCUT2D eigenvalue weighted by Crippen LogP contribution is 1.90. The summed E-state index contributed by atoms with van der Waals surface area (Å²) >= 11 is 0. The summed E-state index contributed by atoms with van der Waals surface area (Å²) in [4.78, 5) is 13.1. The van der Waals surface area contributed by atoms with Crippen molar-refractivity contribution in [2.75, 3.05) is 26.7 Å². The fourth-order valence-electron chi connectivity index (χ4n) is 1.35. The van der Waals surface area contributed by atoms with Gasteiger partial charge in [0.25, 0.3) is 0 Å². The average Bonchev–Trinajstić information content (AvgIpc) is 2.80. The van der Waals surface area contributed by atoms with Crippen molar-refractivity contribution >= 4 is 5.91 Å². The van der Waals surface area contributed by atoms with Crippen molar-refractivity contribution in [2.24, 2.45) is 0 Å². The molecule has 0 aromatic carbocycles. The van der Waals surface area contributed by atoms with Crippen LogP contribution in [0.5, 0.6) is 0 Å². The van der Waals surface area contributed by atoms with E-state index in [0.717, 1.165) is 0 Å². The molecular formula is C11H20N4O2. The number of hydrogen-bond acceptors (Lipinski definition) is 4. The first-order chi connectivity index (χ1) is 8.13. The number of amides is 1. The van der Waals surface area contributed by atoms with Gasteiger partial charge in [0.05, 0.1) is 19.2 Å². The zero-order valence-corrected chi connectivity index (χ0v) is 10.3. The van der Waals surface area contributed by atoms with Gasteiger partial charge in [-0.2, -0.15) is 5.10 Å². The molecule has 1 rings (SSSR count). The van der Waals surface area contributed by atoms with E-state index in [-0.39, 0.29) is 12.5 Å². The lowest BCUT2D eigenvalue weighted by Crippen LogP contribution is -2.39. The van der Waals surface area contributed by atoms with Crippen LogP contribution in [0, 0.1) is 0 Å². The van der Waals surface area contributed by atoms with Gasteiger partial charge in [0.15, 0.2) is 0 Å². The predicted molar refractivity (Wildman–Crippen MR) is 64.4 cm³/mol. The molecule has 0 fully saturated rings. The van der Waals surface area contributed by atoms with Gasteiger partial charge in [0.1, 0.15) is 0 Å². The number of aliphatic hydroxyl groups is 1. The summed E-state index contributed by atoms with van der Waals surface area (Å²) < 4.78 is 1.66. The van der Waals surface area contributed by atoms with Crippen LogP contribution in [0.25, 0.3) is 0 Å². The number of nitrogens with zero attached hydrogens (tertiary/aromatic N) is 3. The van der Waals surface area contributed by atoms with E-state index in [1.54, 1.807) is 35.1 Å². The van der Waals surface area contributed by atoms with Crippen LogP contribution in [0.3, 0.4) is 0 Å². The molecule has 1 aromatic heterocycles. The van der Waals surface area contributed by atoms with Crippen LogP contribution in [-0.2, 0) is 11.3 Å². The smallest absolute Gasteiger partial charge is 0.236 e. The van der Waals surface area contributed by atoms with Crippen molar-refractivity contribution in [3.63, 3.8) is 0 Å². The van der Waals surface area contributed by atoms with Crippen LogP contribution in [0.4, 0.5) is 0 Å². The lowest BCUT2D eigenvalue weighted by atomic mass is 10.3. The number of likely N-dealkylation sites (N-methyl/N-ethyl adjacent to an activating group) is 1. The Morgan fingerprint density at radius 2 is 2.41 bits per heavy atom. The van der Waals surface area contributed by atoms with Crippen molar-refractivity contribution in [3.8, 4) is 0 Å². The summed E-state index contributed by atoms with van der Waals surface area (Å²) in [7, 11) is 1.75. The maximum Gasteiger partial charge on any atom is 0.236 e. The van der Waals surface area contributed by atoms with Gasteiger partial charge in [0, 0.05) is 32.5 Å². The molecule has 0 aliphatic carbocycles. The van der Waals surface area contributed by atoms with Crippen molar-refractivity contribution in [1.82, 2.24) is 20.0 Å². The first-order valence-electron chi connectivity index (χ1n) is 5.73. The van der Waals surface area contributed by atoms with E-state index < -0.39 is 6.10 Å². The molecule has 1 aromatic rings. The van der Waals surface area contributed by atoms with E-state index in [9.17, 15) is 9.90 Å². The van der Waals surface area contributed by atoms with Gasteiger partial charge in [-0.15, -0.1) is 0 Å². The highest BCUT2D eigenvalue weighted by molar-refractivity contribution is 5.77. The molecule has 1 amide bonds. The van der Waals surface area contributed by atoms with Gasteiger partial charge in [-0.05, 0) is 13.0 Å². The molecule has 0 saturated heterocycles. The summed E-state index contributed by atoms with van der Waals surface area (Å²) in [5.41, 5.74) is 0. The van der Waals surface area contributed by atoms with Gasteiger partial charge >= 0.3 is 0 Å². The maximum absolute atomic E-state index is 11.4. The number of aliphatic hydroxyl groups excluding tert-OH is 1. The molecule has 0 saturated carbocycles. The maximum atomic E-state index is 11.4. The molecule has 1 heterocycles. The molecule has 6 heteroatoms. The molecule has 0 radical (unpaired) electrons. The van der Waals surface area contributed by atoms with Gasteiger partial charge in [-0.1, -0.05) is 0 Å². The standard InChI is InChI=1S/C11H20N4O2/c1-3-14(2)11(17)8-12-7-10(16)9-15-6-4-5-13-15/h4-6,10,12,16H,3,7-9H2,1-2H3. The van der Waals surface area contributed by atoms with Crippen LogP contribution in [-0.4, -0.2) is 58.5 Å². The molecule has 1 unspecified atom stereocenters. The monoisotopic (exact) mass is 240 g/mol. The largest absolute Gasteiger partial charge is 0.390 e. The zero-order valence-electron chi connectivity index (χ0n) is 10.3. The van der Waals surface area contributed by atoms with E-state index in [1.807, 2.05) is 6.92 Å². The lowest BCUT2D eigenvalue weighted by Gasteiger charge is -2.16. The Hall–Kier alpha value is -1.40. The summed E-state index contributed by atoms with van der Waals surface area (Å²) in [5, 5.41) is 16.6. The molecule has 0 bridgehead atoms. The Balaban J connectivity index is 2.16. The third-order valence-corrected chi connectivity index (χ3v) is 2.51. The Bertz CT molecular complexity index is 326. The molecule has 17 heavy (non-hydrogen) atoms. The fourth-order valence-corrected chi connectivity index (χ4v) is 1.35. The van der Waals surface area contributed by atoms with E-state index in [2.05, 4.69) is 10.4 Å². The normalized spacial score (nSPS) is 12.4. The van der Waals surface area contributed by atoms with Crippen molar-refractivity contribution in [1.29, 1.82) is 0 Å². The summed E-state index contributed by atoms with van der Waals surface area (Å²) in [6, 6.07) is 1.81. The van der Waals surface area contributed by atoms with Crippen LogP contribution in [0.1, 0.15) is 6.92 Å². The number of carbonyl (C=O) groups excluding carboxylic acids is 1. The minimum absolute atomic E-state index is 0.0267. The van der Waals surface area contributed by atoms with E-state index in [4.69, 9.17) is 0 Å². The molecule has 0 aliphatic rings. The Morgan fingerprint density at radius 1 is 1.65 bits per heavy atom. The number of hydrogen-bond donors (Lipinski definition) is 2. The minimum atomic E-state index is -0.547. The molecular weight excluding hydrogens is 220 g/mol. The zero-order chi connectivity index (χ0) is 12.7. The summed E-state index contributed by atoms with van der Waals surface area (Å²) in [6.07, 6.45) is 2.91. The van der Waals surface area contributed by atoms with E-state index in [0.29, 0.717) is 19.6 Å². The number of carbonyl (C=O) groups is 1. The SMILES string of the molecule is CCN(C)C(=O)CNCC(O)Cn1cccn1. The molecule has 1 atom stereocenters. The van der Waals surface area contributed by atoms with Crippen molar-refractivity contribution in [3.05, 3.63) is 18.5 Å². The quantitative estimate of drug-likeness (QED) is 0.662. The van der Waals surface area contributed by atoms with E-state index in [1.165, 1.54) is 0 Å². The van der Waals surface area contributed by atoms with Gasteiger partial charge < -0.3 is 15.3 Å². The van der Waals surface area contributed by atoms with E-state index >= 15 is 0 Å². The number of aromatic nitrogens is 2. The highest BCUT2D eigenvalue weighted by Gasteiger charge is 2.08. The lowest BCUT2D eigenvalue weighted by molar-refractivity contribution is -0.128. The van der Waals surface area contributed by atoms with Gasteiger partial charge in [0.2, 0.25) is 5.91 Å². The molecule has 0 aliphatic heterocycles. The Labute approximate surface area is 101 Å². The first-order valence-corrected chi connectivity index (χ1v) is 5.73. The summed E-state index contributed by atoms with van der Waals surface area (Å²) in [6.45, 7) is 3.67. The second-order valence-electron chi connectivity index (χ2n) is 3.92. The first kappa shape index (κ1) is 13.7. The number of nitrogens with one attached hydrogen (secondary N) is 1. The Morgan fingerprint density at radius 3 is 3.00 bits per heavy atom. The van der Waals surface area contributed by atoms with Crippen LogP contribution >= 0.6 is 0 Å². The molecule has 0 spiro atoms. The van der Waals surface area contributed by atoms with Crippen molar-refractivity contribution in [2.45, 2.75) is 19.6 Å². The Kier molecular flexibility index (Phi) is 5.65. The van der Waals surface area contributed by atoms with Crippen LogP contribution in [0.2, 0.25) is 0 Å². The predicted octanol–water partition coefficient (Wildman–Crippen LogP) is -0.688. The molecule has 2 N–H and O–H groups in total. The third-order valence-electron chi connectivity index (χ3n) is 2.51. The third kappa shape index (κ3) is 4.97. The van der Waals surface area contributed by atoms with Crippen LogP contribution in [0.15, 0.2) is 18.5 Å². The summed E-state index contributed by atoms with van der Waals surface area (Å²) in [5.74, 6) is 0.0267. The van der Waals surface area contributed by atoms with Crippen LogP contribution < -0.4 is 5.32 Å². The highest BCUT2D eigenvalue weighted by atomic mass is 16.3. The number of rotatable bonds is 7. The van der Waals surface area contributed by atoms with Gasteiger partial charge in [-0.25, -0.2) is 0 Å².